The smallest absolute Gasteiger partial charge is 0.220 e. The molecule has 0 spiro atoms. The van der Waals surface area contributed by atoms with Crippen LogP contribution < -0.4 is 19.5 Å². The molecule has 1 amide bonds. The van der Waals surface area contributed by atoms with Crippen molar-refractivity contribution in [2.75, 3.05) is 20.3 Å². The Balaban J connectivity index is 1.44. The molecule has 132 valence electrons. The standard InChI is InChI=1S/C20H23NO4/c1-14-11-15(7-9-17(14)23-2)8-10-20(22)21-12-16-13-24-18-5-3-4-6-19(18)25-16/h3-7,9,11,16H,8,10,12-13H2,1-2H3,(H,21,22)/t16-/m0/s1. The number of hydrogen-bond acceptors (Lipinski definition) is 4. The summed E-state index contributed by atoms with van der Waals surface area (Å²) in [6.45, 7) is 2.88. The minimum Gasteiger partial charge on any atom is -0.496 e. The highest BCUT2D eigenvalue weighted by Crippen LogP contribution is 2.30. The molecule has 0 unspecified atom stereocenters. The normalized spacial score (nSPS) is 15.5. The van der Waals surface area contributed by atoms with Gasteiger partial charge in [0.15, 0.2) is 11.5 Å². The lowest BCUT2D eigenvalue weighted by atomic mass is 10.1. The van der Waals surface area contributed by atoms with Crippen molar-refractivity contribution < 1.29 is 19.0 Å². The van der Waals surface area contributed by atoms with Gasteiger partial charge in [-0.05, 0) is 42.7 Å². The number of fused-ring (bicyclic) bond motifs is 1. The van der Waals surface area contributed by atoms with Gasteiger partial charge < -0.3 is 19.5 Å². The first kappa shape index (κ1) is 17.1. The van der Waals surface area contributed by atoms with Gasteiger partial charge in [-0.25, -0.2) is 0 Å². The number of rotatable bonds is 6. The summed E-state index contributed by atoms with van der Waals surface area (Å²) in [7, 11) is 1.66. The molecule has 0 bridgehead atoms. The van der Waals surface area contributed by atoms with Crippen LogP contribution in [0.4, 0.5) is 0 Å². The number of carbonyl (C=O) groups excluding carboxylic acids is 1. The van der Waals surface area contributed by atoms with E-state index in [1.807, 2.05) is 43.3 Å². The average molecular weight is 341 g/mol. The van der Waals surface area contributed by atoms with E-state index in [4.69, 9.17) is 14.2 Å². The van der Waals surface area contributed by atoms with Crippen LogP contribution in [0.3, 0.4) is 0 Å². The molecule has 0 radical (unpaired) electrons. The molecule has 1 heterocycles. The fourth-order valence-corrected chi connectivity index (χ4v) is 2.83. The van der Waals surface area contributed by atoms with Crippen molar-refractivity contribution in [3.63, 3.8) is 0 Å². The quantitative estimate of drug-likeness (QED) is 0.878. The number of benzene rings is 2. The van der Waals surface area contributed by atoms with Gasteiger partial charge in [-0.2, -0.15) is 0 Å². The molecule has 5 heteroatoms. The number of para-hydroxylation sites is 2. The third-order valence-electron chi connectivity index (χ3n) is 4.19. The number of hydrogen-bond donors (Lipinski definition) is 1. The molecule has 0 saturated heterocycles. The van der Waals surface area contributed by atoms with Crippen LogP contribution in [0.5, 0.6) is 17.2 Å². The summed E-state index contributed by atoms with van der Waals surface area (Å²) >= 11 is 0. The van der Waals surface area contributed by atoms with Crippen LogP contribution in [0.15, 0.2) is 42.5 Å². The predicted molar refractivity (Wildman–Crippen MR) is 95.4 cm³/mol. The van der Waals surface area contributed by atoms with Gasteiger partial charge >= 0.3 is 0 Å². The van der Waals surface area contributed by atoms with E-state index in [-0.39, 0.29) is 12.0 Å². The van der Waals surface area contributed by atoms with Gasteiger partial charge in [0.05, 0.1) is 13.7 Å². The molecule has 3 rings (SSSR count). The maximum absolute atomic E-state index is 12.1. The topological polar surface area (TPSA) is 56.8 Å². The lowest BCUT2D eigenvalue weighted by molar-refractivity contribution is -0.121. The Morgan fingerprint density at radius 2 is 2.04 bits per heavy atom. The molecule has 5 nitrogen and oxygen atoms in total. The fraction of sp³-hybridized carbons (Fsp3) is 0.350. The van der Waals surface area contributed by atoms with Gasteiger partial charge in [0.1, 0.15) is 18.5 Å². The molecular formula is C20H23NO4. The highest BCUT2D eigenvalue weighted by molar-refractivity contribution is 5.76. The van der Waals surface area contributed by atoms with Crippen molar-refractivity contribution in [2.45, 2.75) is 25.9 Å². The third kappa shape index (κ3) is 4.44. The summed E-state index contributed by atoms with van der Waals surface area (Å²) in [6, 6.07) is 13.5. The van der Waals surface area contributed by atoms with Crippen LogP contribution >= 0.6 is 0 Å². The first-order valence-corrected chi connectivity index (χ1v) is 8.44. The number of carbonyl (C=O) groups is 1. The number of methoxy groups -OCH3 is 1. The molecule has 2 aromatic carbocycles. The highest BCUT2D eigenvalue weighted by atomic mass is 16.6. The molecule has 0 fully saturated rings. The first-order chi connectivity index (χ1) is 12.2. The van der Waals surface area contributed by atoms with E-state index >= 15 is 0 Å². The monoisotopic (exact) mass is 341 g/mol. The number of ether oxygens (including phenoxy) is 3. The summed E-state index contributed by atoms with van der Waals surface area (Å²) in [5, 5.41) is 2.92. The zero-order valence-electron chi connectivity index (χ0n) is 14.6. The van der Waals surface area contributed by atoms with Gasteiger partial charge in [0, 0.05) is 6.42 Å². The minimum absolute atomic E-state index is 0.0101. The Bertz CT molecular complexity index is 744. The molecular weight excluding hydrogens is 318 g/mol. The van der Waals surface area contributed by atoms with Crippen LogP contribution in [0, 0.1) is 6.92 Å². The van der Waals surface area contributed by atoms with E-state index in [0.717, 1.165) is 28.4 Å². The maximum atomic E-state index is 12.1. The fourth-order valence-electron chi connectivity index (χ4n) is 2.83. The van der Waals surface area contributed by atoms with Crippen molar-refractivity contribution in [3.8, 4) is 17.2 Å². The number of nitrogens with one attached hydrogen (secondary N) is 1. The van der Waals surface area contributed by atoms with Crippen LogP contribution in [0.2, 0.25) is 0 Å². The lowest BCUT2D eigenvalue weighted by Gasteiger charge is -2.26. The summed E-state index contributed by atoms with van der Waals surface area (Å²) in [5.41, 5.74) is 2.20. The van der Waals surface area contributed by atoms with Crippen LogP contribution in [-0.4, -0.2) is 32.3 Å². The Morgan fingerprint density at radius 3 is 2.80 bits per heavy atom. The second-order valence-electron chi connectivity index (χ2n) is 6.11. The van der Waals surface area contributed by atoms with Crippen molar-refractivity contribution in [2.24, 2.45) is 0 Å². The van der Waals surface area contributed by atoms with Gasteiger partial charge in [-0.3, -0.25) is 4.79 Å². The Morgan fingerprint density at radius 1 is 1.24 bits per heavy atom. The van der Waals surface area contributed by atoms with Crippen molar-refractivity contribution in [1.29, 1.82) is 0 Å². The summed E-state index contributed by atoms with van der Waals surface area (Å²) < 4.78 is 16.7. The zero-order chi connectivity index (χ0) is 17.6. The molecule has 1 atom stereocenters. The van der Waals surface area contributed by atoms with Crippen LogP contribution in [0.1, 0.15) is 17.5 Å². The van der Waals surface area contributed by atoms with E-state index in [0.29, 0.717) is 26.0 Å². The van der Waals surface area contributed by atoms with Crippen molar-refractivity contribution in [1.82, 2.24) is 5.32 Å². The molecule has 1 aliphatic heterocycles. The largest absolute Gasteiger partial charge is 0.496 e. The van der Waals surface area contributed by atoms with E-state index < -0.39 is 0 Å². The molecule has 0 aliphatic carbocycles. The van der Waals surface area contributed by atoms with Gasteiger partial charge in [0.2, 0.25) is 5.91 Å². The Labute approximate surface area is 147 Å². The average Bonchev–Trinajstić information content (AvgIpc) is 2.64. The molecule has 1 aliphatic rings. The minimum atomic E-state index is -0.165. The van der Waals surface area contributed by atoms with E-state index in [2.05, 4.69) is 11.4 Å². The van der Waals surface area contributed by atoms with Crippen molar-refractivity contribution in [3.05, 3.63) is 53.6 Å². The highest BCUT2D eigenvalue weighted by Gasteiger charge is 2.20. The third-order valence-corrected chi connectivity index (χ3v) is 4.19. The summed E-state index contributed by atoms with van der Waals surface area (Å²) in [4.78, 5) is 12.1. The number of amides is 1. The molecule has 0 aromatic heterocycles. The molecule has 2 aromatic rings. The molecule has 25 heavy (non-hydrogen) atoms. The zero-order valence-corrected chi connectivity index (χ0v) is 14.6. The summed E-state index contributed by atoms with van der Waals surface area (Å²) in [5.74, 6) is 2.35. The van der Waals surface area contributed by atoms with E-state index in [1.165, 1.54) is 0 Å². The Hall–Kier alpha value is -2.69. The van der Waals surface area contributed by atoms with Crippen LogP contribution in [-0.2, 0) is 11.2 Å². The second kappa shape index (κ2) is 7.92. The SMILES string of the molecule is COc1ccc(CCC(=O)NC[C@H]2COc3ccccc3O2)cc1C. The van der Waals surface area contributed by atoms with E-state index in [9.17, 15) is 4.79 Å². The molecule has 1 N–H and O–H groups in total. The first-order valence-electron chi connectivity index (χ1n) is 8.44. The van der Waals surface area contributed by atoms with Gasteiger partial charge in [-0.15, -0.1) is 0 Å². The summed E-state index contributed by atoms with van der Waals surface area (Å²) in [6.07, 6.45) is 0.972. The predicted octanol–water partition coefficient (Wildman–Crippen LogP) is 2.89. The van der Waals surface area contributed by atoms with Gasteiger partial charge in [0.25, 0.3) is 0 Å². The lowest BCUT2D eigenvalue weighted by Crippen LogP contribution is -2.40. The van der Waals surface area contributed by atoms with Crippen molar-refractivity contribution >= 4 is 5.91 Å². The Kier molecular flexibility index (Phi) is 5.43. The van der Waals surface area contributed by atoms with Gasteiger partial charge in [-0.1, -0.05) is 24.3 Å². The molecule has 0 saturated carbocycles. The number of aryl methyl sites for hydroxylation is 2. The van der Waals surface area contributed by atoms with E-state index in [1.54, 1.807) is 7.11 Å². The van der Waals surface area contributed by atoms with Crippen LogP contribution in [0.25, 0.3) is 0 Å². The second-order valence-corrected chi connectivity index (χ2v) is 6.11. The maximum Gasteiger partial charge on any atom is 0.220 e.